The van der Waals surface area contributed by atoms with Gasteiger partial charge in [0.1, 0.15) is 5.69 Å². The molecule has 0 fully saturated rings. The Morgan fingerprint density at radius 1 is 1.06 bits per heavy atom. The quantitative estimate of drug-likeness (QED) is 0.488. The normalized spacial score (nSPS) is 12.6. The van der Waals surface area contributed by atoms with Crippen molar-refractivity contribution in [3.8, 4) is 0 Å². The Hall–Kier alpha value is -3.32. The Kier molecular flexibility index (Phi) is 7.31. The van der Waals surface area contributed by atoms with E-state index in [2.05, 4.69) is 27.8 Å². The van der Waals surface area contributed by atoms with E-state index in [0.29, 0.717) is 10.7 Å². The highest BCUT2D eigenvalue weighted by molar-refractivity contribution is 6.31. The lowest BCUT2D eigenvalue weighted by Crippen LogP contribution is -2.35. The Morgan fingerprint density at radius 2 is 1.74 bits per heavy atom. The zero-order valence-electron chi connectivity index (χ0n) is 17.2. The topological polar surface area (TPSA) is 117 Å². The van der Waals surface area contributed by atoms with Gasteiger partial charge in [0, 0.05) is 41.9 Å². The predicted molar refractivity (Wildman–Crippen MR) is 121 cm³/mol. The van der Waals surface area contributed by atoms with Gasteiger partial charge < -0.3 is 21.4 Å². The van der Waals surface area contributed by atoms with Crippen molar-refractivity contribution in [2.75, 3.05) is 7.05 Å². The van der Waals surface area contributed by atoms with Crippen LogP contribution in [0.4, 0.5) is 0 Å². The van der Waals surface area contributed by atoms with E-state index >= 15 is 0 Å². The molecule has 1 aliphatic rings. The summed E-state index contributed by atoms with van der Waals surface area (Å²) in [6.07, 6.45) is 2.10. The largest absolute Gasteiger partial charge is 0.370 e. The highest BCUT2D eigenvalue weighted by Crippen LogP contribution is 2.23. The smallest absolute Gasteiger partial charge is 0.267 e. The highest BCUT2D eigenvalue weighted by atomic mass is 35.5. The van der Waals surface area contributed by atoms with Gasteiger partial charge in [-0.05, 0) is 48.2 Å². The van der Waals surface area contributed by atoms with E-state index in [1.54, 1.807) is 0 Å². The van der Waals surface area contributed by atoms with Crippen LogP contribution in [0.25, 0.3) is 10.9 Å². The van der Waals surface area contributed by atoms with Crippen molar-refractivity contribution < 1.29 is 14.4 Å². The molecule has 162 valence electrons. The number of rotatable bonds is 5. The molecule has 3 amide bonds. The predicted octanol–water partition coefficient (Wildman–Crippen LogP) is 2.72. The van der Waals surface area contributed by atoms with Gasteiger partial charge in [-0.2, -0.15) is 0 Å². The van der Waals surface area contributed by atoms with Gasteiger partial charge in [-0.25, -0.2) is 0 Å². The van der Waals surface area contributed by atoms with Gasteiger partial charge in [0.05, 0.1) is 0 Å². The lowest BCUT2D eigenvalue weighted by atomic mass is 10.1. The molecule has 0 atom stereocenters. The Labute approximate surface area is 185 Å². The van der Waals surface area contributed by atoms with Crippen molar-refractivity contribution in [1.29, 1.82) is 0 Å². The summed E-state index contributed by atoms with van der Waals surface area (Å²) in [5.74, 6) is -0.669. The van der Waals surface area contributed by atoms with Crippen LogP contribution in [-0.4, -0.2) is 35.8 Å². The van der Waals surface area contributed by atoms with Crippen molar-refractivity contribution in [1.82, 2.24) is 15.6 Å². The summed E-state index contributed by atoms with van der Waals surface area (Å²) in [5, 5.41) is 7.11. The Morgan fingerprint density at radius 3 is 2.35 bits per heavy atom. The zero-order valence-corrected chi connectivity index (χ0v) is 18.0. The zero-order chi connectivity index (χ0) is 22.4. The standard InChI is InChI=1S/C18H15ClN2O.C5H10N2O2/c19-14-5-6-16-13(7-14)10-17(21-16)18(22)20-15-8-11-3-1-2-4-12(11)9-15;1-7-5(9)3-2-4(6)8/h1-7,10,15,21H,8-9H2,(H,20,22);2-3H2,1H3,(H2,6,8)(H,7,9). The first-order valence-electron chi connectivity index (χ1n) is 10.0. The average molecular weight is 441 g/mol. The summed E-state index contributed by atoms with van der Waals surface area (Å²) in [6.45, 7) is 0. The van der Waals surface area contributed by atoms with Crippen LogP contribution in [-0.2, 0) is 22.4 Å². The molecule has 1 heterocycles. The van der Waals surface area contributed by atoms with E-state index < -0.39 is 5.91 Å². The maximum absolute atomic E-state index is 12.4. The summed E-state index contributed by atoms with van der Waals surface area (Å²) in [5.41, 5.74) is 8.93. The van der Waals surface area contributed by atoms with E-state index in [9.17, 15) is 14.4 Å². The molecule has 0 saturated heterocycles. The molecular formula is C23H25ClN4O3. The number of carbonyl (C=O) groups excluding carboxylic acids is 3. The maximum atomic E-state index is 12.4. The molecule has 31 heavy (non-hydrogen) atoms. The van der Waals surface area contributed by atoms with Gasteiger partial charge in [-0.1, -0.05) is 35.9 Å². The molecule has 1 aromatic heterocycles. The van der Waals surface area contributed by atoms with E-state index in [0.717, 1.165) is 23.7 Å². The van der Waals surface area contributed by atoms with E-state index in [1.165, 1.54) is 18.2 Å². The molecule has 1 aliphatic carbocycles. The van der Waals surface area contributed by atoms with Crippen molar-refractivity contribution in [2.45, 2.75) is 31.7 Å². The molecule has 0 spiro atoms. The number of halogens is 1. The van der Waals surface area contributed by atoms with Gasteiger partial charge in [0.25, 0.3) is 5.91 Å². The van der Waals surface area contributed by atoms with Crippen LogP contribution in [0.2, 0.25) is 5.02 Å². The third-order valence-corrected chi connectivity index (χ3v) is 5.33. The van der Waals surface area contributed by atoms with E-state index in [-0.39, 0.29) is 30.7 Å². The van der Waals surface area contributed by atoms with Gasteiger partial charge >= 0.3 is 0 Å². The first-order valence-corrected chi connectivity index (χ1v) is 10.4. The van der Waals surface area contributed by atoms with Gasteiger partial charge in [0.15, 0.2) is 0 Å². The number of fused-ring (bicyclic) bond motifs is 2. The lowest BCUT2D eigenvalue weighted by molar-refractivity contribution is -0.124. The Balaban J connectivity index is 0.000000259. The number of primary amides is 1. The highest BCUT2D eigenvalue weighted by Gasteiger charge is 2.23. The Bertz CT molecular complexity index is 1080. The molecule has 5 N–H and O–H groups in total. The monoisotopic (exact) mass is 440 g/mol. The van der Waals surface area contributed by atoms with Crippen LogP contribution >= 0.6 is 11.6 Å². The van der Waals surface area contributed by atoms with E-state index in [1.807, 2.05) is 36.4 Å². The number of hydrogen-bond acceptors (Lipinski definition) is 3. The van der Waals surface area contributed by atoms with Crippen molar-refractivity contribution in [3.63, 3.8) is 0 Å². The van der Waals surface area contributed by atoms with Crippen molar-refractivity contribution in [2.24, 2.45) is 5.73 Å². The second-order valence-corrected chi connectivity index (χ2v) is 7.84. The summed E-state index contributed by atoms with van der Waals surface area (Å²) < 4.78 is 0. The second-order valence-electron chi connectivity index (χ2n) is 7.40. The molecule has 0 aliphatic heterocycles. The van der Waals surface area contributed by atoms with Crippen LogP contribution < -0.4 is 16.4 Å². The lowest BCUT2D eigenvalue weighted by Gasteiger charge is -2.10. The number of amides is 3. The van der Waals surface area contributed by atoms with Crippen molar-refractivity contribution in [3.05, 3.63) is 70.4 Å². The fraction of sp³-hybridized carbons (Fsp3) is 0.261. The number of nitrogens with two attached hydrogens (primary N) is 1. The number of H-pyrrole nitrogens is 1. The first-order chi connectivity index (χ1) is 14.9. The van der Waals surface area contributed by atoms with Crippen LogP contribution in [0.15, 0.2) is 48.5 Å². The molecule has 2 aromatic carbocycles. The fourth-order valence-electron chi connectivity index (χ4n) is 3.51. The number of aromatic nitrogens is 1. The van der Waals surface area contributed by atoms with Crippen LogP contribution in [0.3, 0.4) is 0 Å². The van der Waals surface area contributed by atoms with E-state index in [4.69, 9.17) is 17.3 Å². The van der Waals surface area contributed by atoms with Crippen molar-refractivity contribution >= 4 is 40.2 Å². The summed E-state index contributed by atoms with van der Waals surface area (Å²) in [4.78, 5) is 36.0. The van der Waals surface area contributed by atoms with Crippen LogP contribution in [0.1, 0.15) is 34.5 Å². The number of benzene rings is 2. The SMILES string of the molecule is CNC(=O)CCC(N)=O.O=C(NC1Cc2ccccc2C1)c1cc2cc(Cl)ccc2[nH]1. The summed E-state index contributed by atoms with van der Waals surface area (Å²) in [7, 11) is 1.52. The molecule has 8 heteroatoms. The average Bonchev–Trinajstić information content (AvgIpc) is 3.35. The molecule has 0 bridgehead atoms. The number of aromatic amines is 1. The summed E-state index contributed by atoms with van der Waals surface area (Å²) in [6, 6.07) is 15.9. The molecule has 3 aromatic rings. The van der Waals surface area contributed by atoms with Crippen LogP contribution in [0.5, 0.6) is 0 Å². The summed E-state index contributed by atoms with van der Waals surface area (Å²) >= 11 is 5.98. The fourth-order valence-corrected chi connectivity index (χ4v) is 3.69. The molecule has 4 rings (SSSR count). The molecule has 0 radical (unpaired) electrons. The number of nitrogens with one attached hydrogen (secondary N) is 3. The third kappa shape index (κ3) is 6.08. The van der Waals surface area contributed by atoms with Gasteiger partial charge in [-0.15, -0.1) is 0 Å². The third-order valence-electron chi connectivity index (χ3n) is 5.09. The molecular weight excluding hydrogens is 416 g/mol. The number of hydrogen-bond donors (Lipinski definition) is 4. The minimum Gasteiger partial charge on any atom is -0.370 e. The minimum atomic E-state index is -0.446. The van der Waals surface area contributed by atoms with Gasteiger partial charge in [0.2, 0.25) is 11.8 Å². The first kappa shape index (κ1) is 22.4. The van der Waals surface area contributed by atoms with Gasteiger partial charge in [-0.3, -0.25) is 14.4 Å². The second kappa shape index (κ2) is 10.1. The minimum absolute atomic E-state index is 0.0647. The van der Waals surface area contributed by atoms with Crippen LogP contribution in [0, 0.1) is 0 Å². The molecule has 0 saturated carbocycles. The molecule has 7 nitrogen and oxygen atoms in total. The maximum Gasteiger partial charge on any atom is 0.267 e. The number of carbonyl (C=O) groups is 3. The molecule has 0 unspecified atom stereocenters.